The van der Waals surface area contributed by atoms with Crippen LogP contribution in [-0.2, 0) is 0 Å². The van der Waals surface area contributed by atoms with Crippen molar-refractivity contribution < 1.29 is 0 Å². The van der Waals surface area contributed by atoms with E-state index in [0.29, 0.717) is 0 Å². The van der Waals surface area contributed by atoms with Crippen LogP contribution in [0.15, 0.2) is 18.1 Å². The van der Waals surface area contributed by atoms with Gasteiger partial charge in [-0.2, -0.15) is 0 Å². The summed E-state index contributed by atoms with van der Waals surface area (Å²) >= 11 is 7.78. The molecule has 0 heterocycles. The Kier molecular flexibility index (Phi) is 14.8. The fourth-order valence-corrected chi connectivity index (χ4v) is 23.7. The topological polar surface area (TPSA) is 194 Å². The number of halogens is 1. The molecule has 0 atom stereocenters. The van der Waals surface area contributed by atoms with Gasteiger partial charge in [-0.25, -0.2) is 0 Å². The first kappa shape index (κ1) is 35.2. The Bertz CT molecular complexity index is 661. The molecule has 0 amide bonds. The van der Waals surface area contributed by atoms with Crippen molar-refractivity contribution in [2.45, 2.75) is 0 Å². The monoisotopic (exact) mass is 606 g/mol. The fraction of sp³-hybridized carbons (Fsp3) is 1.00. The summed E-state index contributed by atoms with van der Waals surface area (Å²) in [7, 11) is 11.0. The van der Waals surface area contributed by atoms with Gasteiger partial charge in [-0.1, -0.05) is 0 Å². The summed E-state index contributed by atoms with van der Waals surface area (Å²) in [5, 5.41) is 39.1. The second kappa shape index (κ2) is 14.4. The molecule has 0 aromatic carbocycles. The van der Waals surface area contributed by atoms with E-state index >= 15 is 0 Å². The molecule has 0 spiro atoms. The molecule has 0 radical (unpaired) electrons. The van der Waals surface area contributed by atoms with Gasteiger partial charge < -0.3 is 0 Å². The van der Waals surface area contributed by atoms with E-state index in [1.807, 2.05) is 0 Å². The van der Waals surface area contributed by atoms with E-state index in [0.717, 1.165) is 0 Å². The van der Waals surface area contributed by atoms with E-state index in [2.05, 4.69) is 61.0 Å². The van der Waals surface area contributed by atoms with Gasteiger partial charge in [-0.05, 0) is 0 Å². The average molecular weight is 607 g/mol. The first-order chi connectivity index (χ1) is 15.9. The van der Waals surface area contributed by atoms with Gasteiger partial charge in [0, 0.05) is 0 Å². The second-order valence-corrected chi connectivity index (χ2v) is 23.2. The van der Waals surface area contributed by atoms with E-state index < -0.39 is 36.6 Å². The minimum absolute atomic E-state index is 1.80. The third-order valence-corrected chi connectivity index (χ3v) is 24.5. The standard InChI is InChI=1S/C12H48ClN16P5/c1-14-30(15-2,16-3)26-34(13,27-31(17-4,18-5)19-6,28-32(20-7,21-8)22-9)29-33(23-10,24-11)25-12/h14-25H,1-12H3. The zero-order valence-electron chi connectivity index (χ0n) is 22.4. The summed E-state index contributed by atoms with van der Waals surface area (Å²) in [4.78, 5) is 0. The molecule has 0 aliphatic carbocycles. The summed E-state index contributed by atoms with van der Waals surface area (Å²) < 4.78 is 20.8. The quantitative estimate of drug-likeness (QED) is 0.114. The first-order valence-corrected chi connectivity index (χ1v) is 20.4. The molecule has 0 aromatic rings. The Morgan fingerprint density at radius 3 is 0.559 bits per heavy atom. The molecule has 0 aliphatic rings. The third-order valence-electron chi connectivity index (χ3n) is 5.04. The van der Waals surface area contributed by atoms with Gasteiger partial charge in [0.15, 0.2) is 0 Å². The summed E-state index contributed by atoms with van der Waals surface area (Å²) in [6.07, 6.45) is 0. The average Bonchev–Trinajstić information content (AvgIpc) is 2.88. The number of hydrogen-bond donors (Lipinski definition) is 12. The van der Waals surface area contributed by atoms with Crippen molar-refractivity contribution in [3.63, 3.8) is 0 Å². The van der Waals surface area contributed by atoms with Crippen molar-refractivity contribution in [1.82, 2.24) is 61.0 Å². The molecule has 12 N–H and O–H groups in total. The molecule has 0 saturated carbocycles. The van der Waals surface area contributed by atoms with Gasteiger partial charge in [0.1, 0.15) is 0 Å². The van der Waals surface area contributed by atoms with Crippen LogP contribution in [0.1, 0.15) is 0 Å². The molecule has 0 saturated heterocycles. The van der Waals surface area contributed by atoms with Gasteiger partial charge in [0.25, 0.3) is 0 Å². The first-order valence-electron chi connectivity index (χ1n) is 10.5. The normalized spacial score (nSPS) is 14.9. The number of rotatable bonds is 16. The molecule has 0 aromatic heterocycles. The summed E-state index contributed by atoms with van der Waals surface area (Å²) in [5.41, 5.74) is 0. The molecule has 0 unspecified atom stereocenters. The van der Waals surface area contributed by atoms with Crippen LogP contribution in [0.4, 0.5) is 0 Å². The van der Waals surface area contributed by atoms with Crippen LogP contribution in [0.3, 0.4) is 0 Å². The molecule has 16 nitrogen and oxygen atoms in total. The zero-order valence-corrected chi connectivity index (χ0v) is 27.6. The van der Waals surface area contributed by atoms with E-state index in [1.165, 1.54) is 0 Å². The fourth-order valence-electron chi connectivity index (χ4n) is 2.91. The van der Waals surface area contributed by atoms with Crippen molar-refractivity contribution in [3.05, 3.63) is 0 Å². The van der Waals surface area contributed by atoms with Crippen molar-refractivity contribution in [2.75, 3.05) is 84.6 Å². The van der Waals surface area contributed by atoms with Gasteiger partial charge in [0.05, 0.1) is 0 Å². The third kappa shape index (κ3) is 8.08. The van der Waals surface area contributed by atoms with Gasteiger partial charge in [0.2, 0.25) is 0 Å². The van der Waals surface area contributed by atoms with Gasteiger partial charge in [-0.15, -0.1) is 0 Å². The van der Waals surface area contributed by atoms with Crippen LogP contribution < -0.4 is 61.0 Å². The maximum absolute atomic E-state index is 7.78. The molecule has 0 aliphatic heterocycles. The van der Waals surface area contributed by atoms with E-state index in [1.54, 1.807) is 84.6 Å². The molecular weight excluding hydrogens is 559 g/mol. The van der Waals surface area contributed by atoms with Crippen molar-refractivity contribution in [1.29, 1.82) is 0 Å². The number of nitrogens with zero attached hydrogens (tertiary/aromatic N) is 4. The van der Waals surface area contributed by atoms with Crippen LogP contribution >= 0.6 is 47.8 Å². The van der Waals surface area contributed by atoms with Crippen LogP contribution in [0, 0.1) is 0 Å². The Balaban J connectivity index is 8.73. The Morgan fingerprint density at radius 2 is 0.471 bits per heavy atom. The van der Waals surface area contributed by atoms with Crippen LogP contribution in [0.5, 0.6) is 0 Å². The van der Waals surface area contributed by atoms with E-state index in [-0.39, 0.29) is 0 Å². The molecule has 0 fully saturated rings. The predicted molar refractivity (Wildman–Crippen MR) is 159 cm³/mol. The summed E-state index contributed by atoms with van der Waals surface area (Å²) in [6, 6.07) is 0. The van der Waals surface area contributed by atoms with Gasteiger partial charge in [-0.3, -0.25) is 0 Å². The van der Waals surface area contributed by atoms with Crippen LogP contribution in [0.2, 0.25) is 0 Å². The Hall–Kier alpha value is 1.16. The minimum atomic E-state index is -4.69. The Morgan fingerprint density at radius 1 is 0.353 bits per heavy atom. The Labute approximate surface area is 211 Å². The van der Waals surface area contributed by atoms with Gasteiger partial charge >= 0.3 is 212 Å². The van der Waals surface area contributed by atoms with Crippen molar-refractivity contribution in [3.8, 4) is 0 Å². The second-order valence-electron chi connectivity index (χ2n) is 6.42. The number of hydrogen-bond acceptors (Lipinski definition) is 4. The van der Waals surface area contributed by atoms with Crippen LogP contribution in [-0.4, -0.2) is 84.6 Å². The number of nitrogens with one attached hydrogen (secondary N) is 12. The van der Waals surface area contributed by atoms with Crippen molar-refractivity contribution >= 4 is 47.8 Å². The SMILES string of the molecule is CNP(=NP(Cl)(N=P(NC)(NC)NC)(N=P(NC)(NC)NC)N=P(NC)(NC)NC)(NC)NC. The molecular formula is C12H48ClN16P5. The molecule has 0 rings (SSSR count). The maximum atomic E-state index is 7.78. The molecule has 34 heavy (non-hydrogen) atoms. The molecule has 0 bridgehead atoms. The van der Waals surface area contributed by atoms with E-state index in [9.17, 15) is 0 Å². The summed E-state index contributed by atoms with van der Waals surface area (Å²) in [6.45, 7) is -4.69. The predicted octanol–water partition coefficient (Wildman–Crippen LogP) is 1.77. The molecule has 22 heteroatoms. The van der Waals surface area contributed by atoms with E-state index in [4.69, 9.17) is 29.3 Å². The zero-order chi connectivity index (χ0) is 26.8. The van der Waals surface area contributed by atoms with Crippen molar-refractivity contribution in [2.24, 2.45) is 18.1 Å². The molecule has 208 valence electrons. The van der Waals surface area contributed by atoms with Crippen LogP contribution in [0.25, 0.3) is 0 Å². The summed E-state index contributed by atoms with van der Waals surface area (Å²) in [5.74, 6) is 0.